The van der Waals surface area contributed by atoms with Crippen molar-refractivity contribution in [1.82, 2.24) is 15.3 Å². The Morgan fingerprint density at radius 2 is 2.12 bits per heavy atom. The van der Waals surface area contributed by atoms with Gasteiger partial charge in [-0.3, -0.25) is 4.79 Å². The summed E-state index contributed by atoms with van der Waals surface area (Å²) in [4.78, 5) is 20.1. The number of H-pyrrole nitrogens is 1. The molecule has 24 heavy (non-hydrogen) atoms. The molecule has 0 radical (unpaired) electrons. The number of ether oxygens (including phenoxy) is 2. The molecule has 1 aromatic carbocycles. The topological polar surface area (TPSA) is 76.2 Å². The number of carbonyl (C=O) groups excluding carboxylic acids is 1. The lowest BCUT2D eigenvalue weighted by Crippen LogP contribution is -2.32. The molecule has 0 spiro atoms. The van der Waals surface area contributed by atoms with Crippen molar-refractivity contribution in [2.45, 2.75) is 20.3 Å². The Morgan fingerprint density at radius 3 is 2.92 bits per heavy atom. The molecule has 3 rings (SSSR count). The Balaban J connectivity index is 1.87. The molecule has 0 bridgehead atoms. The number of benzene rings is 1. The van der Waals surface area contributed by atoms with Gasteiger partial charge in [-0.05, 0) is 24.0 Å². The van der Waals surface area contributed by atoms with Gasteiger partial charge in [0, 0.05) is 24.9 Å². The molecule has 2 N–H and O–H groups in total. The van der Waals surface area contributed by atoms with Crippen LogP contribution in [-0.4, -0.2) is 42.7 Å². The Morgan fingerprint density at radius 1 is 1.29 bits per heavy atom. The third kappa shape index (κ3) is 3.59. The van der Waals surface area contributed by atoms with Gasteiger partial charge in [0.2, 0.25) is 0 Å². The molecule has 6 nitrogen and oxygen atoms in total. The van der Waals surface area contributed by atoms with Crippen LogP contribution in [0.3, 0.4) is 0 Å². The van der Waals surface area contributed by atoms with Crippen LogP contribution in [0, 0.1) is 5.41 Å². The van der Waals surface area contributed by atoms with E-state index in [1.807, 2.05) is 24.3 Å². The van der Waals surface area contributed by atoms with E-state index in [1.165, 1.54) is 0 Å². The Kier molecular flexibility index (Phi) is 4.57. The molecule has 1 aliphatic rings. The van der Waals surface area contributed by atoms with Crippen LogP contribution >= 0.6 is 0 Å². The fraction of sp³-hybridized carbons (Fsp3) is 0.444. The number of hydrogen-bond donors (Lipinski definition) is 2. The van der Waals surface area contributed by atoms with Gasteiger partial charge in [-0.15, -0.1) is 0 Å². The molecule has 1 aromatic heterocycles. The summed E-state index contributed by atoms with van der Waals surface area (Å²) in [5, 5.41) is 2.94. The molecule has 1 amide bonds. The fourth-order valence-corrected chi connectivity index (χ4v) is 2.78. The molecule has 0 saturated heterocycles. The number of aromatic amines is 1. The van der Waals surface area contributed by atoms with E-state index >= 15 is 0 Å². The minimum atomic E-state index is -0.120. The molecule has 0 aliphatic carbocycles. The minimum Gasteiger partial charge on any atom is -0.491 e. The van der Waals surface area contributed by atoms with Gasteiger partial charge in [-0.2, -0.15) is 0 Å². The van der Waals surface area contributed by atoms with Gasteiger partial charge in [-0.25, -0.2) is 4.98 Å². The van der Waals surface area contributed by atoms with Gasteiger partial charge in [0.05, 0.1) is 6.61 Å². The maximum Gasteiger partial charge on any atom is 0.271 e. The maximum atomic E-state index is 12.2. The smallest absolute Gasteiger partial charge is 0.271 e. The van der Waals surface area contributed by atoms with Crippen molar-refractivity contribution in [3.63, 3.8) is 0 Å². The number of carbonyl (C=O) groups is 1. The molecular weight excluding hydrogens is 306 g/mol. The Labute approximate surface area is 141 Å². The van der Waals surface area contributed by atoms with Gasteiger partial charge in [0.1, 0.15) is 23.9 Å². The van der Waals surface area contributed by atoms with Crippen LogP contribution < -0.4 is 10.1 Å². The summed E-state index contributed by atoms with van der Waals surface area (Å²) in [7, 11) is 1.64. The highest BCUT2D eigenvalue weighted by atomic mass is 16.5. The van der Waals surface area contributed by atoms with Gasteiger partial charge in [-0.1, -0.05) is 26.0 Å². The summed E-state index contributed by atoms with van der Waals surface area (Å²) >= 11 is 0. The van der Waals surface area contributed by atoms with Crippen molar-refractivity contribution in [1.29, 1.82) is 0 Å². The third-order valence-electron chi connectivity index (χ3n) is 4.04. The summed E-state index contributed by atoms with van der Waals surface area (Å²) in [5.74, 6) is 1.32. The lowest BCUT2D eigenvalue weighted by molar-refractivity contribution is 0.0940. The quantitative estimate of drug-likeness (QED) is 0.826. The van der Waals surface area contributed by atoms with Crippen LogP contribution in [0.25, 0.3) is 11.4 Å². The minimum absolute atomic E-state index is 0.00414. The van der Waals surface area contributed by atoms with Crippen LogP contribution in [0.15, 0.2) is 24.3 Å². The normalized spacial score (nSPS) is 16.2. The lowest BCUT2D eigenvalue weighted by atomic mass is 9.88. The number of aromatic nitrogens is 2. The zero-order chi connectivity index (χ0) is 17.2. The van der Waals surface area contributed by atoms with Gasteiger partial charge >= 0.3 is 0 Å². The van der Waals surface area contributed by atoms with E-state index in [4.69, 9.17) is 9.47 Å². The highest BCUT2D eigenvalue weighted by Crippen LogP contribution is 2.28. The van der Waals surface area contributed by atoms with Crippen LogP contribution in [0.5, 0.6) is 5.75 Å². The first-order valence-corrected chi connectivity index (χ1v) is 8.08. The first-order chi connectivity index (χ1) is 11.5. The second-order valence-corrected chi connectivity index (χ2v) is 6.81. The number of imidazole rings is 1. The van der Waals surface area contributed by atoms with Crippen molar-refractivity contribution < 1.29 is 14.3 Å². The standard InChI is InChI=1S/C18H23N3O3/c1-18(2)10-14-15(17(22)19-11-18)21-16(20-14)12-5-4-6-13(9-12)24-8-7-23-3/h4-6,9H,7-8,10-11H2,1-3H3,(H,19,22)(H,20,21). The van der Waals surface area contributed by atoms with Crippen molar-refractivity contribution in [2.75, 3.05) is 26.9 Å². The van der Waals surface area contributed by atoms with E-state index in [9.17, 15) is 4.79 Å². The molecule has 2 heterocycles. The predicted octanol–water partition coefficient (Wildman–Crippen LogP) is 2.41. The second kappa shape index (κ2) is 6.65. The second-order valence-electron chi connectivity index (χ2n) is 6.81. The SMILES string of the molecule is COCCOc1cccc(-c2nc3c([nH]2)CC(C)(C)CNC3=O)c1. The zero-order valence-corrected chi connectivity index (χ0v) is 14.3. The number of rotatable bonds is 5. The molecule has 1 aliphatic heterocycles. The summed E-state index contributed by atoms with van der Waals surface area (Å²) in [6, 6.07) is 7.67. The van der Waals surface area contributed by atoms with Crippen LogP contribution in [0.2, 0.25) is 0 Å². The molecule has 2 aromatic rings. The fourth-order valence-electron chi connectivity index (χ4n) is 2.78. The van der Waals surface area contributed by atoms with E-state index < -0.39 is 0 Å². The zero-order valence-electron chi connectivity index (χ0n) is 14.3. The summed E-state index contributed by atoms with van der Waals surface area (Å²) in [6.07, 6.45) is 0.776. The van der Waals surface area contributed by atoms with E-state index in [0.29, 0.717) is 31.3 Å². The summed E-state index contributed by atoms with van der Waals surface area (Å²) < 4.78 is 10.6. The maximum absolute atomic E-state index is 12.2. The van der Waals surface area contributed by atoms with E-state index in [2.05, 4.69) is 29.1 Å². The monoisotopic (exact) mass is 329 g/mol. The molecule has 6 heteroatoms. The van der Waals surface area contributed by atoms with Crippen LogP contribution in [-0.2, 0) is 11.2 Å². The highest BCUT2D eigenvalue weighted by Gasteiger charge is 2.30. The van der Waals surface area contributed by atoms with E-state index in [0.717, 1.165) is 23.4 Å². The molecule has 0 atom stereocenters. The Hall–Kier alpha value is -2.34. The van der Waals surface area contributed by atoms with Gasteiger partial charge < -0.3 is 19.8 Å². The average Bonchev–Trinajstić information content (AvgIpc) is 2.92. The van der Waals surface area contributed by atoms with Gasteiger partial charge in [0.15, 0.2) is 0 Å². The summed E-state index contributed by atoms with van der Waals surface area (Å²) in [6.45, 7) is 5.94. The number of fused-ring (bicyclic) bond motifs is 1. The van der Waals surface area contributed by atoms with Crippen molar-refractivity contribution in [3.8, 4) is 17.1 Å². The molecule has 0 saturated carbocycles. The molecular formula is C18H23N3O3. The Bertz CT molecular complexity index is 737. The van der Waals surface area contributed by atoms with Crippen LogP contribution in [0.4, 0.5) is 0 Å². The highest BCUT2D eigenvalue weighted by molar-refractivity contribution is 5.94. The number of methoxy groups -OCH3 is 1. The number of nitrogens with zero attached hydrogens (tertiary/aromatic N) is 1. The van der Waals surface area contributed by atoms with Crippen molar-refractivity contribution in [3.05, 3.63) is 35.7 Å². The predicted molar refractivity (Wildman–Crippen MR) is 91.2 cm³/mol. The number of hydrogen-bond acceptors (Lipinski definition) is 4. The largest absolute Gasteiger partial charge is 0.491 e. The van der Waals surface area contributed by atoms with Crippen molar-refractivity contribution >= 4 is 5.91 Å². The first kappa shape index (κ1) is 16.5. The molecule has 128 valence electrons. The first-order valence-electron chi connectivity index (χ1n) is 8.08. The van der Waals surface area contributed by atoms with Crippen LogP contribution in [0.1, 0.15) is 30.0 Å². The summed E-state index contributed by atoms with van der Waals surface area (Å²) in [5.41, 5.74) is 2.26. The molecule has 0 fully saturated rings. The number of nitrogens with one attached hydrogen (secondary N) is 2. The average molecular weight is 329 g/mol. The van der Waals surface area contributed by atoms with E-state index in [-0.39, 0.29) is 11.3 Å². The van der Waals surface area contributed by atoms with Gasteiger partial charge in [0.25, 0.3) is 5.91 Å². The van der Waals surface area contributed by atoms with Crippen molar-refractivity contribution in [2.24, 2.45) is 5.41 Å². The third-order valence-corrected chi connectivity index (χ3v) is 4.04. The lowest BCUT2D eigenvalue weighted by Gasteiger charge is -2.21. The molecule has 0 unspecified atom stereocenters. The van der Waals surface area contributed by atoms with E-state index in [1.54, 1.807) is 7.11 Å². The number of amides is 1.